The smallest absolute Gasteiger partial charge is 0.168 e. The number of hydrogen-bond acceptors (Lipinski definition) is 5. The normalized spacial score (nSPS) is 22.9. The Morgan fingerprint density at radius 1 is 1.50 bits per heavy atom. The topological polar surface area (TPSA) is 57.6 Å². The van der Waals surface area contributed by atoms with Gasteiger partial charge in [0.05, 0.1) is 25.4 Å². The van der Waals surface area contributed by atoms with E-state index >= 15 is 0 Å². The minimum Gasteiger partial charge on any atom is -0.394 e. The molecule has 2 heterocycles. The minimum atomic E-state index is -0.715. The molecule has 0 spiro atoms. The maximum Gasteiger partial charge on any atom is 0.168 e. The molecular formula is C13H19F2N3O2. The number of morpholine rings is 1. The van der Waals surface area contributed by atoms with Crippen molar-refractivity contribution in [3.8, 4) is 0 Å². The summed E-state index contributed by atoms with van der Waals surface area (Å²) in [7, 11) is 0. The zero-order valence-corrected chi connectivity index (χ0v) is 11.6. The molecule has 0 saturated carbocycles. The summed E-state index contributed by atoms with van der Waals surface area (Å²) in [5.41, 5.74) is 0. The zero-order valence-electron chi connectivity index (χ0n) is 11.6. The molecule has 0 bridgehead atoms. The molecule has 1 fully saturated rings. The van der Waals surface area contributed by atoms with Crippen LogP contribution in [0.25, 0.3) is 0 Å². The Bertz CT molecular complexity index is 473. The van der Waals surface area contributed by atoms with Gasteiger partial charge in [-0.05, 0) is 13.8 Å². The molecule has 1 saturated heterocycles. The maximum absolute atomic E-state index is 14.0. The van der Waals surface area contributed by atoms with Crippen LogP contribution in [0.5, 0.6) is 0 Å². The van der Waals surface area contributed by atoms with Crippen molar-refractivity contribution in [2.75, 3.05) is 36.5 Å². The van der Waals surface area contributed by atoms with Crippen LogP contribution in [-0.2, 0) is 4.74 Å². The fourth-order valence-electron chi connectivity index (χ4n) is 2.17. The van der Waals surface area contributed by atoms with Gasteiger partial charge in [-0.15, -0.1) is 0 Å². The molecule has 0 amide bonds. The zero-order chi connectivity index (χ0) is 14.7. The number of anilines is 2. The molecule has 2 rings (SSSR count). The summed E-state index contributed by atoms with van der Waals surface area (Å²) in [5, 5.41) is 11.9. The summed E-state index contributed by atoms with van der Waals surface area (Å²) in [6.45, 7) is 4.70. The Hall–Kier alpha value is -1.47. The SMILES string of the molecule is CCNc1nc(N2CC(CO)OCC2C)c(F)cc1F. The summed E-state index contributed by atoms with van der Waals surface area (Å²) >= 11 is 0. The van der Waals surface area contributed by atoms with Gasteiger partial charge in [0.2, 0.25) is 0 Å². The third-order valence-corrected chi connectivity index (χ3v) is 3.24. The number of hydrogen-bond donors (Lipinski definition) is 2. The summed E-state index contributed by atoms with van der Waals surface area (Å²) in [4.78, 5) is 5.73. The van der Waals surface area contributed by atoms with Crippen molar-refractivity contribution in [1.82, 2.24) is 4.98 Å². The molecular weight excluding hydrogens is 268 g/mol. The van der Waals surface area contributed by atoms with Crippen molar-refractivity contribution in [2.24, 2.45) is 0 Å². The number of nitrogens with one attached hydrogen (secondary N) is 1. The molecule has 2 atom stereocenters. The lowest BCUT2D eigenvalue weighted by molar-refractivity contribution is -0.0107. The van der Waals surface area contributed by atoms with Crippen LogP contribution < -0.4 is 10.2 Å². The maximum atomic E-state index is 14.0. The van der Waals surface area contributed by atoms with Crippen LogP contribution in [0, 0.1) is 11.6 Å². The Labute approximate surface area is 116 Å². The Balaban J connectivity index is 2.32. The molecule has 0 aliphatic carbocycles. The molecule has 5 nitrogen and oxygen atoms in total. The van der Waals surface area contributed by atoms with Crippen molar-refractivity contribution in [2.45, 2.75) is 26.0 Å². The van der Waals surface area contributed by atoms with Gasteiger partial charge in [0, 0.05) is 19.2 Å². The molecule has 112 valence electrons. The Morgan fingerprint density at radius 3 is 2.90 bits per heavy atom. The molecule has 2 N–H and O–H groups in total. The van der Waals surface area contributed by atoms with Gasteiger partial charge in [-0.3, -0.25) is 0 Å². The first-order chi connectivity index (χ1) is 9.56. The van der Waals surface area contributed by atoms with E-state index in [-0.39, 0.29) is 30.4 Å². The first-order valence-corrected chi connectivity index (χ1v) is 6.65. The van der Waals surface area contributed by atoms with Crippen molar-refractivity contribution < 1.29 is 18.6 Å². The minimum absolute atomic E-state index is 0.0307. The highest BCUT2D eigenvalue weighted by atomic mass is 19.1. The van der Waals surface area contributed by atoms with Gasteiger partial charge in [-0.25, -0.2) is 13.8 Å². The third-order valence-electron chi connectivity index (χ3n) is 3.24. The highest BCUT2D eigenvalue weighted by molar-refractivity contribution is 5.50. The van der Waals surface area contributed by atoms with Crippen LogP contribution in [0.2, 0.25) is 0 Å². The number of aromatic nitrogens is 1. The van der Waals surface area contributed by atoms with Gasteiger partial charge in [-0.2, -0.15) is 0 Å². The predicted molar refractivity (Wildman–Crippen MR) is 72.0 cm³/mol. The fourth-order valence-corrected chi connectivity index (χ4v) is 2.17. The van der Waals surface area contributed by atoms with Crippen molar-refractivity contribution in [3.05, 3.63) is 17.7 Å². The molecule has 2 unspecified atom stereocenters. The number of halogens is 2. The van der Waals surface area contributed by atoms with Crippen LogP contribution in [0.3, 0.4) is 0 Å². The monoisotopic (exact) mass is 287 g/mol. The molecule has 0 aromatic carbocycles. The van der Waals surface area contributed by atoms with E-state index in [0.717, 1.165) is 6.07 Å². The number of pyridine rings is 1. The van der Waals surface area contributed by atoms with Crippen molar-refractivity contribution >= 4 is 11.6 Å². The second-order valence-corrected chi connectivity index (χ2v) is 4.79. The largest absolute Gasteiger partial charge is 0.394 e. The van der Waals surface area contributed by atoms with Gasteiger partial charge in [0.1, 0.15) is 0 Å². The van der Waals surface area contributed by atoms with Gasteiger partial charge in [0.25, 0.3) is 0 Å². The molecule has 0 radical (unpaired) electrons. The second kappa shape index (κ2) is 6.32. The van der Waals surface area contributed by atoms with Crippen molar-refractivity contribution in [1.29, 1.82) is 0 Å². The molecule has 1 aromatic rings. The van der Waals surface area contributed by atoms with Gasteiger partial charge < -0.3 is 20.1 Å². The highest BCUT2D eigenvalue weighted by Crippen LogP contribution is 2.26. The molecule has 1 aliphatic rings. The van der Waals surface area contributed by atoms with Crippen LogP contribution in [-0.4, -0.2) is 48.5 Å². The first-order valence-electron chi connectivity index (χ1n) is 6.65. The van der Waals surface area contributed by atoms with Gasteiger partial charge in [0.15, 0.2) is 23.3 Å². The molecule has 1 aliphatic heterocycles. The van der Waals surface area contributed by atoms with E-state index in [4.69, 9.17) is 9.84 Å². The van der Waals surface area contributed by atoms with Crippen molar-refractivity contribution in [3.63, 3.8) is 0 Å². The summed E-state index contributed by atoms with van der Waals surface area (Å²) < 4.78 is 33.0. The number of nitrogens with zero attached hydrogens (tertiary/aromatic N) is 2. The average Bonchev–Trinajstić information content (AvgIpc) is 2.43. The van der Waals surface area contributed by atoms with Crippen LogP contribution in [0.4, 0.5) is 20.4 Å². The molecule has 20 heavy (non-hydrogen) atoms. The number of aliphatic hydroxyl groups excluding tert-OH is 1. The molecule has 1 aromatic heterocycles. The average molecular weight is 287 g/mol. The van der Waals surface area contributed by atoms with E-state index < -0.39 is 11.6 Å². The summed E-state index contributed by atoms with van der Waals surface area (Å²) in [5.74, 6) is -1.32. The third kappa shape index (κ3) is 2.99. The Morgan fingerprint density at radius 2 is 2.25 bits per heavy atom. The standard InChI is InChI=1S/C13H19F2N3O2/c1-3-16-12-10(14)4-11(15)13(17-12)18-5-9(6-19)20-7-8(18)2/h4,8-9,19H,3,5-7H2,1-2H3,(H,16,17). The van der Waals surface area contributed by atoms with Gasteiger partial charge >= 0.3 is 0 Å². The predicted octanol–water partition coefficient (Wildman–Crippen LogP) is 1.38. The fraction of sp³-hybridized carbons (Fsp3) is 0.615. The van der Waals surface area contributed by atoms with E-state index in [9.17, 15) is 8.78 Å². The van der Waals surface area contributed by atoms with E-state index in [2.05, 4.69) is 10.3 Å². The molecule has 7 heteroatoms. The first kappa shape index (κ1) is 14.9. The van der Waals surface area contributed by atoms with E-state index in [0.29, 0.717) is 19.7 Å². The Kier molecular flexibility index (Phi) is 4.72. The highest BCUT2D eigenvalue weighted by Gasteiger charge is 2.29. The van der Waals surface area contributed by atoms with E-state index in [1.165, 1.54) is 0 Å². The lowest BCUT2D eigenvalue weighted by atomic mass is 10.2. The van der Waals surface area contributed by atoms with Crippen LogP contribution in [0.1, 0.15) is 13.8 Å². The quantitative estimate of drug-likeness (QED) is 0.876. The van der Waals surface area contributed by atoms with Gasteiger partial charge in [-0.1, -0.05) is 0 Å². The number of ether oxygens (including phenoxy) is 1. The number of rotatable bonds is 4. The lowest BCUT2D eigenvalue weighted by Crippen LogP contribution is -2.50. The van der Waals surface area contributed by atoms with E-state index in [1.54, 1.807) is 4.90 Å². The van der Waals surface area contributed by atoms with E-state index in [1.807, 2.05) is 13.8 Å². The number of aliphatic hydroxyl groups is 1. The van der Waals surface area contributed by atoms with Crippen LogP contribution in [0.15, 0.2) is 6.07 Å². The van der Waals surface area contributed by atoms with Crippen LogP contribution >= 0.6 is 0 Å². The summed E-state index contributed by atoms with van der Waals surface area (Å²) in [6.07, 6.45) is -0.389. The second-order valence-electron chi connectivity index (χ2n) is 4.79. The summed E-state index contributed by atoms with van der Waals surface area (Å²) in [6, 6.07) is 0.732. The lowest BCUT2D eigenvalue weighted by Gasteiger charge is -2.38.